The van der Waals surface area contributed by atoms with Gasteiger partial charge in [0.05, 0.1) is 5.56 Å². The van der Waals surface area contributed by atoms with Crippen LogP contribution in [0.4, 0.5) is 28.8 Å². The Morgan fingerprint density at radius 1 is 0.794 bits per heavy atom. The van der Waals surface area contributed by atoms with Crippen LogP contribution in [0.25, 0.3) is 0 Å². The minimum Gasteiger partial charge on any atom is -0.340 e. The van der Waals surface area contributed by atoms with Crippen LogP contribution in [-0.2, 0) is 10.0 Å². The Bertz CT molecular complexity index is 1460. The molecule has 0 radical (unpaired) electrons. The highest BCUT2D eigenvalue weighted by Crippen LogP contribution is 2.23. The van der Waals surface area contributed by atoms with Crippen LogP contribution in [0, 0.1) is 25.2 Å². The second kappa shape index (κ2) is 9.60. The average Bonchev–Trinajstić information content (AvgIpc) is 2.81. The Balaban J connectivity index is 1.48. The van der Waals surface area contributed by atoms with Crippen LogP contribution in [0.1, 0.15) is 16.8 Å². The number of aromatic nitrogens is 2. The molecule has 4 rings (SSSR count). The zero-order valence-electron chi connectivity index (χ0n) is 18.6. The van der Waals surface area contributed by atoms with Crippen LogP contribution in [0.5, 0.6) is 0 Å². The first-order valence-electron chi connectivity index (χ1n) is 10.4. The van der Waals surface area contributed by atoms with Crippen molar-refractivity contribution in [1.82, 2.24) is 9.97 Å². The molecular weight excluding hydrogens is 448 g/mol. The van der Waals surface area contributed by atoms with Crippen molar-refractivity contribution in [3.8, 4) is 6.07 Å². The second-order valence-corrected chi connectivity index (χ2v) is 9.28. The van der Waals surface area contributed by atoms with Gasteiger partial charge in [-0.25, -0.2) is 13.4 Å². The maximum atomic E-state index is 12.7. The molecule has 4 aromatic rings. The number of nitriles is 1. The minimum absolute atomic E-state index is 0.0681. The standard InChI is InChI=1S/C25H22N6O2S/c1-17-7-9-20(10-8-17)28-24-15-18(2)27-25(30-24)29-21-11-13-22(14-12-21)31-34(32,33)23-6-4-3-5-19(23)16-26/h3-15,31H,1-2H3,(H2,27,28,29,30). The summed E-state index contributed by atoms with van der Waals surface area (Å²) in [6.45, 7) is 3.91. The highest BCUT2D eigenvalue weighted by molar-refractivity contribution is 7.92. The molecular formula is C25H22N6O2S. The van der Waals surface area contributed by atoms with Crippen molar-refractivity contribution < 1.29 is 8.42 Å². The maximum absolute atomic E-state index is 12.7. The fourth-order valence-corrected chi connectivity index (χ4v) is 4.44. The molecule has 0 aliphatic carbocycles. The maximum Gasteiger partial charge on any atom is 0.263 e. The molecule has 0 saturated carbocycles. The van der Waals surface area contributed by atoms with Crippen molar-refractivity contribution in [2.45, 2.75) is 18.7 Å². The zero-order chi connectivity index (χ0) is 24.1. The van der Waals surface area contributed by atoms with Gasteiger partial charge in [-0.2, -0.15) is 10.2 Å². The summed E-state index contributed by atoms with van der Waals surface area (Å²) in [5, 5.41) is 15.6. The molecule has 9 heteroatoms. The second-order valence-electron chi connectivity index (χ2n) is 7.63. The van der Waals surface area contributed by atoms with Gasteiger partial charge in [0.15, 0.2) is 0 Å². The summed E-state index contributed by atoms with van der Waals surface area (Å²) < 4.78 is 27.9. The van der Waals surface area contributed by atoms with Crippen LogP contribution in [-0.4, -0.2) is 18.4 Å². The van der Waals surface area contributed by atoms with Gasteiger partial charge in [0.2, 0.25) is 5.95 Å². The molecule has 0 amide bonds. The molecule has 0 spiro atoms. The minimum atomic E-state index is -3.90. The number of anilines is 5. The van der Waals surface area contributed by atoms with E-state index in [0.29, 0.717) is 23.1 Å². The molecule has 0 bridgehead atoms. The van der Waals surface area contributed by atoms with E-state index in [1.54, 1.807) is 36.4 Å². The topological polar surface area (TPSA) is 120 Å². The van der Waals surface area contributed by atoms with Crippen molar-refractivity contribution >= 4 is 38.9 Å². The monoisotopic (exact) mass is 470 g/mol. The van der Waals surface area contributed by atoms with Gasteiger partial charge in [-0.3, -0.25) is 4.72 Å². The first-order chi connectivity index (χ1) is 16.3. The summed E-state index contributed by atoms with van der Waals surface area (Å²) in [6.07, 6.45) is 0. The number of aryl methyl sites for hydroxylation is 2. The Kier molecular flexibility index (Phi) is 6.43. The van der Waals surface area contributed by atoms with Gasteiger partial charge in [0.1, 0.15) is 16.8 Å². The quantitative estimate of drug-likeness (QED) is 0.337. The van der Waals surface area contributed by atoms with E-state index in [4.69, 9.17) is 0 Å². The van der Waals surface area contributed by atoms with Gasteiger partial charge < -0.3 is 10.6 Å². The number of rotatable bonds is 7. The smallest absolute Gasteiger partial charge is 0.263 e. The summed E-state index contributed by atoms with van der Waals surface area (Å²) in [5.74, 6) is 1.06. The van der Waals surface area contributed by atoms with E-state index >= 15 is 0 Å². The van der Waals surface area contributed by atoms with E-state index in [-0.39, 0.29) is 10.5 Å². The molecule has 3 aromatic carbocycles. The van der Waals surface area contributed by atoms with Gasteiger partial charge in [0.25, 0.3) is 10.0 Å². The van der Waals surface area contributed by atoms with E-state index in [1.165, 1.54) is 17.7 Å². The molecule has 34 heavy (non-hydrogen) atoms. The lowest BCUT2D eigenvalue weighted by Gasteiger charge is -2.12. The molecule has 3 N–H and O–H groups in total. The molecule has 0 aliphatic heterocycles. The van der Waals surface area contributed by atoms with E-state index in [1.807, 2.05) is 50.2 Å². The first-order valence-corrected chi connectivity index (χ1v) is 11.9. The molecule has 0 atom stereocenters. The van der Waals surface area contributed by atoms with E-state index in [0.717, 1.165) is 11.4 Å². The third-order valence-corrected chi connectivity index (χ3v) is 6.31. The van der Waals surface area contributed by atoms with Gasteiger partial charge in [-0.15, -0.1) is 0 Å². The van der Waals surface area contributed by atoms with Gasteiger partial charge >= 0.3 is 0 Å². The van der Waals surface area contributed by atoms with E-state index < -0.39 is 10.0 Å². The lowest BCUT2D eigenvalue weighted by molar-refractivity contribution is 0.601. The summed E-state index contributed by atoms with van der Waals surface area (Å²) in [4.78, 5) is 8.86. The number of hydrogen-bond donors (Lipinski definition) is 3. The number of sulfonamides is 1. The summed E-state index contributed by atoms with van der Waals surface area (Å²) >= 11 is 0. The molecule has 170 valence electrons. The number of nitrogens with one attached hydrogen (secondary N) is 3. The fraction of sp³-hybridized carbons (Fsp3) is 0.0800. The van der Waals surface area contributed by atoms with Crippen molar-refractivity contribution in [2.75, 3.05) is 15.4 Å². The highest BCUT2D eigenvalue weighted by atomic mass is 32.2. The predicted octanol–water partition coefficient (Wildman–Crippen LogP) is 5.25. The lowest BCUT2D eigenvalue weighted by Crippen LogP contribution is -2.14. The van der Waals surface area contributed by atoms with Crippen LogP contribution < -0.4 is 15.4 Å². The third kappa shape index (κ3) is 5.49. The molecule has 0 unspecified atom stereocenters. The van der Waals surface area contributed by atoms with Gasteiger partial charge in [0, 0.05) is 28.8 Å². The predicted molar refractivity (Wildman–Crippen MR) is 133 cm³/mol. The van der Waals surface area contributed by atoms with Gasteiger partial charge in [-0.05, 0) is 62.4 Å². The normalized spacial score (nSPS) is 10.9. The summed E-state index contributed by atoms with van der Waals surface area (Å²) in [7, 11) is -3.90. The van der Waals surface area contributed by atoms with Crippen molar-refractivity contribution in [2.24, 2.45) is 0 Å². The Morgan fingerprint density at radius 3 is 2.12 bits per heavy atom. The zero-order valence-corrected chi connectivity index (χ0v) is 19.4. The van der Waals surface area contributed by atoms with Crippen LogP contribution in [0.15, 0.2) is 83.8 Å². The summed E-state index contributed by atoms with van der Waals surface area (Å²) in [6, 6.07) is 24.5. The van der Waals surface area contributed by atoms with Gasteiger partial charge in [-0.1, -0.05) is 29.8 Å². The molecule has 0 fully saturated rings. The Morgan fingerprint density at radius 2 is 1.41 bits per heavy atom. The first kappa shape index (κ1) is 22.8. The fourth-order valence-electron chi connectivity index (χ4n) is 3.23. The average molecular weight is 471 g/mol. The van der Waals surface area contributed by atoms with E-state index in [2.05, 4.69) is 25.3 Å². The van der Waals surface area contributed by atoms with Crippen LogP contribution in [0.3, 0.4) is 0 Å². The van der Waals surface area contributed by atoms with Crippen LogP contribution >= 0.6 is 0 Å². The summed E-state index contributed by atoms with van der Waals surface area (Å²) in [5.41, 5.74) is 4.01. The molecule has 1 heterocycles. The molecule has 0 aliphatic rings. The largest absolute Gasteiger partial charge is 0.340 e. The van der Waals surface area contributed by atoms with Crippen molar-refractivity contribution in [1.29, 1.82) is 5.26 Å². The SMILES string of the molecule is Cc1ccc(Nc2cc(C)nc(Nc3ccc(NS(=O)(=O)c4ccccc4C#N)cc3)n2)cc1. The van der Waals surface area contributed by atoms with Crippen molar-refractivity contribution in [3.63, 3.8) is 0 Å². The van der Waals surface area contributed by atoms with Crippen LogP contribution in [0.2, 0.25) is 0 Å². The Labute approximate surface area is 198 Å². The van der Waals surface area contributed by atoms with Crippen molar-refractivity contribution in [3.05, 3.63) is 95.7 Å². The number of nitrogens with zero attached hydrogens (tertiary/aromatic N) is 3. The number of hydrogen-bond acceptors (Lipinski definition) is 7. The molecule has 1 aromatic heterocycles. The number of benzene rings is 3. The highest BCUT2D eigenvalue weighted by Gasteiger charge is 2.18. The Hall–Kier alpha value is -4.42. The molecule has 0 saturated heterocycles. The molecule has 8 nitrogen and oxygen atoms in total. The van der Waals surface area contributed by atoms with E-state index in [9.17, 15) is 13.7 Å². The lowest BCUT2D eigenvalue weighted by atomic mass is 10.2. The third-order valence-electron chi connectivity index (χ3n) is 4.87.